The highest BCUT2D eigenvalue weighted by molar-refractivity contribution is 5.72. The molecule has 0 aromatic heterocycles. The average Bonchev–Trinajstić information content (AvgIpc) is 1.59. The maximum atomic E-state index is 10.4. The summed E-state index contributed by atoms with van der Waals surface area (Å²) >= 11 is 0. The molecular formula is C7H17ClN2O. The fraction of sp³-hybridized carbons (Fsp3) is 0.857. The van der Waals surface area contributed by atoms with Crippen LogP contribution >= 0.6 is 0 Å². The quantitative estimate of drug-likeness (QED) is 0.457. The minimum absolute atomic E-state index is 0. The van der Waals surface area contributed by atoms with Crippen LogP contribution in [0.3, 0.4) is 0 Å². The van der Waals surface area contributed by atoms with Crippen LogP contribution in [-0.4, -0.2) is 44.6 Å². The minimum atomic E-state index is 0. The van der Waals surface area contributed by atoms with Crippen LogP contribution in [0.25, 0.3) is 0 Å². The van der Waals surface area contributed by atoms with Crippen molar-refractivity contribution in [2.24, 2.45) is 0 Å². The van der Waals surface area contributed by atoms with Crippen LogP contribution in [0.1, 0.15) is 6.92 Å². The number of halogens is 1. The van der Waals surface area contributed by atoms with Crippen LogP contribution in [-0.2, 0) is 4.79 Å². The zero-order valence-electron chi connectivity index (χ0n) is 7.65. The van der Waals surface area contributed by atoms with Gasteiger partial charge < -0.3 is 22.2 Å². The molecule has 0 aromatic carbocycles. The summed E-state index contributed by atoms with van der Waals surface area (Å²) in [6.45, 7) is 3.27. The van der Waals surface area contributed by atoms with Gasteiger partial charge in [0.15, 0.2) is 0 Å². The topological polar surface area (TPSA) is 29.1 Å². The summed E-state index contributed by atoms with van der Waals surface area (Å²) in [6, 6.07) is 0. The Morgan fingerprint density at radius 3 is 2.09 bits per heavy atom. The number of nitrogens with one attached hydrogen (secondary N) is 1. The molecular weight excluding hydrogens is 164 g/mol. The second-order valence-corrected chi connectivity index (χ2v) is 3.50. The fourth-order valence-electron chi connectivity index (χ4n) is 0.567. The number of hydrogen-bond donors (Lipinski definition) is 1. The zero-order chi connectivity index (χ0) is 8.20. The van der Waals surface area contributed by atoms with Crippen molar-refractivity contribution in [1.29, 1.82) is 0 Å². The number of carbonyl (C=O) groups excluding carboxylic acids is 1. The largest absolute Gasteiger partial charge is 1.00 e. The molecule has 4 heteroatoms. The molecule has 0 saturated heterocycles. The lowest BCUT2D eigenvalue weighted by Gasteiger charge is -2.23. The lowest BCUT2D eigenvalue weighted by Crippen LogP contribution is -3.00. The predicted molar refractivity (Wildman–Crippen MR) is 41.6 cm³/mol. The third-order valence-corrected chi connectivity index (χ3v) is 1.16. The van der Waals surface area contributed by atoms with E-state index in [4.69, 9.17) is 0 Å². The highest BCUT2D eigenvalue weighted by Gasteiger charge is 2.05. The Morgan fingerprint density at radius 2 is 1.82 bits per heavy atom. The third-order valence-electron chi connectivity index (χ3n) is 1.16. The molecule has 11 heavy (non-hydrogen) atoms. The van der Waals surface area contributed by atoms with Gasteiger partial charge in [-0.25, -0.2) is 0 Å². The number of hydrogen-bond acceptors (Lipinski definition) is 1. The number of amides is 1. The predicted octanol–water partition coefficient (Wildman–Crippen LogP) is -3.17. The Bertz CT molecular complexity index is 120. The maximum Gasteiger partial charge on any atom is 0.217 e. The second kappa shape index (κ2) is 5.38. The molecule has 0 aliphatic heterocycles. The Morgan fingerprint density at radius 1 is 1.36 bits per heavy atom. The van der Waals surface area contributed by atoms with E-state index in [0.29, 0.717) is 0 Å². The van der Waals surface area contributed by atoms with E-state index in [2.05, 4.69) is 26.5 Å². The number of nitrogens with zero attached hydrogens (tertiary/aromatic N) is 1. The maximum absolute atomic E-state index is 10.4. The molecule has 1 amide bonds. The van der Waals surface area contributed by atoms with Gasteiger partial charge in [-0.1, -0.05) is 0 Å². The van der Waals surface area contributed by atoms with Crippen LogP contribution in [0.5, 0.6) is 0 Å². The molecule has 0 heterocycles. The van der Waals surface area contributed by atoms with Crippen molar-refractivity contribution in [3.8, 4) is 0 Å². The molecule has 0 unspecified atom stereocenters. The number of likely N-dealkylation sites (N-methyl/N-ethyl adjacent to an activating group) is 1. The van der Waals surface area contributed by atoms with Crippen molar-refractivity contribution < 1.29 is 21.7 Å². The smallest absolute Gasteiger partial charge is 0.217 e. The first-order valence-electron chi connectivity index (χ1n) is 3.47. The summed E-state index contributed by atoms with van der Waals surface area (Å²) in [5, 5.41) is 2.75. The molecule has 68 valence electrons. The summed E-state index contributed by atoms with van der Waals surface area (Å²) in [7, 11) is 6.30. The molecule has 0 fully saturated rings. The van der Waals surface area contributed by atoms with Gasteiger partial charge in [-0.05, 0) is 0 Å². The molecule has 0 aromatic rings. The molecule has 0 bridgehead atoms. The van der Waals surface area contributed by atoms with E-state index in [1.165, 1.54) is 6.92 Å². The summed E-state index contributed by atoms with van der Waals surface area (Å²) in [6.07, 6.45) is 0. The van der Waals surface area contributed by atoms with Crippen LogP contribution in [0.4, 0.5) is 0 Å². The van der Waals surface area contributed by atoms with E-state index in [9.17, 15) is 4.79 Å². The molecule has 0 aliphatic rings. The summed E-state index contributed by atoms with van der Waals surface area (Å²) in [4.78, 5) is 10.4. The average molecular weight is 181 g/mol. The van der Waals surface area contributed by atoms with E-state index in [1.54, 1.807) is 0 Å². The third kappa shape index (κ3) is 12.8. The van der Waals surface area contributed by atoms with Crippen molar-refractivity contribution >= 4 is 5.91 Å². The van der Waals surface area contributed by atoms with Gasteiger partial charge in [-0.2, -0.15) is 0 Å². The van der Waals surface area contributed by atoms with E-state index >= 15 is 0 Å². The highest BCUT2D eigenvalue weighted by atomic mass is 35.5. The summed E-state index contributed by atoms with van der Waals surface area (Å²) < 4.78 is 0.889. The first-order chi connectivity index (χ1) is 4.42. The van der Waals surface area contributed by atoms with Crippen LogP contribution in [0.15, 0.2) is 0 Å². The second-order valence-electron chi connectivity index (χ2n) is 3.50. The van der Waals surface area contributed by atoms with E-state index in [0.717, 1.165) is 17.6 Å². The monoisotopic (exact) mass is 180 g/mol. The van der Waals surface area contributed by atoms with Crippen LogP contribution < -0.4 is 17.7 Å². The van der Waals surface area contributed by atoms with Gasteiger partial charge in [0.05, 0.1) is 34.2 Å². The van der Waals surface area contributed by atoms with Gasteiger partial charge in [-0.15, -0.1) is 0 Å². The van der Waals surface area contributed by atoms with Crippen molar-refractivity contribution in [2.75, 3.05) is 34.2 Å². The first-order valence-corrected chi connectivity index (χ1v) is 3.47. The lowest BCUT2D eigenvalue weighted by atomic mass is 10.5. The van der Waals surface area contributed by atoms with Crippen LogP contribution in [0.2, 0.25) is 0 Å². The summed E-state index contributed by atoms with van der Waals surface area (Å²) in [5.74, 6) is 0.0495. The Labute approximate surface area is 74.8 Å². The van der Waals surface area contributed by atoms with Crippen molar-refractivity contribution in [1.82, 2.24) is 5.32 Å². The minimum Gasteiger partial charge on any atom is -1.00 e. The Hall–Kier alpha value is -0.280. The first kappa shape index (κ1) is 13.3. The molecule has 1 N–H and O–H groups in total. The Kier molecular flexibility index (Phi) is 6.52. The van der Waals surface area contributed by atoms with Gasteiger partial charge in [0.25, 0.3) is 0 Å². The van der Waals surface area contributed by atoms with Gasteiger partial charge in [0, 0.05) is 6.92 Å². The molecule has 0 atom stereocenters. The highest BCUT2D eigenvalue weighted by Crippen LogP contribution is 1.85. The van der Waals surface area contributed by atoms with E-state index in [1.807, 2.05) is 0 Å². The van der Waals surface area contributed by atoms with E-state index in [-0.39, 0.29) is 18.3 Å². The zero-order valence-corrected chi connectivity index (χ0v) is 8.40. The molecule has 0 aliphatic carbocycles. The molecule has 0 radical (unpaired) electrons. The fourth-order valence-corrected chi connectivity index (χ4v) is 0.567. The Balaban J connectivity index is 0. The normalized spacial score (nSPS) is 10.2. The standard InChI is InChI=1S/C7H16N2O.ClH/c1-7(10)8-5-6-9(2,3)4;/h5-6H2,1-4H3;1H. The van der Waals surface area contributed by atoms with Gasteiger partial charge in [-0.3, -0.25) is 4.79 Å². The lowest BCUT2D eigenvalue weighted by molar-refractivity contribution is -0.869. The number of rotatable bonds is 3. The van der Waals surface area contributed by atoms with Gasteiger partial charge in [0.2, 0.25) is 5.91 Å². The number of quaternary nitrogens is 1. The van der Waals surface area contributed by atoms with Crippen molar-refractivity contribution in [2.45, 2.75) is 6.92 Å². The van der Waals surface area contributed by atoms with Gasteiger partial charge in [0.1, 0.15) is 0 Å². The molecule has 0 saturated carbocycles. The SMILES string of the molecule is CC(=O)NCC[N+](C)(C)C.[Cl-]. The molecule has 0 rings (SSSR count). The van der Waals surface area contributed by atoms with Crippen LogP contribution in [0, 0.1) is 0 Å². The van der Waals surface area contributed by atoms with E-state index < -0.39 is 0 Å². The van der Waals surface area contributed by atoms with Crippen molar-refractivity contribution in [3.63, 3.8) is 0 Å². The number of carbonyl (C=O) groups is 1. The van der Waals surface area contributed by atoms with Crippen molar-refractivity contribution in [3.05, 3.63) is 0 Å². The molecule has 3 nitrogen and oxygen atoms in total. The molecule has 0 spiro atoms. The van der Waals surface area contributed by atoms with Gasteiger partial charge >= 0.3 is 0 Å². The summed E-state index contributed by atoms with van der Waals surface area (Å²) in [5.41, 5.74) is 0.